The maximum absolute atomic E-state index is 9.82. The van der Waals surface area contributed by atoms with Crippen LogP contribution in [0.5, 0.6) is 0 Å². The van der Waals surface area contributed by atoms with Gasteiger partial charge < -0.3 is 20.2 Å². The molecule has 0 aromatic rings. The van der Waals surface area contributed by atoms with Crippen LogP contribution in [0.3, 0.4) is 0 Å². The average molecular weight is 297 g/mol. The normalized spacial score (nSPS) is 30.0. The summed E-state index contributed by atoms with van der Waals surface area (Å²) in [7, 11) is 4.39. The van der Waals surface area contributed by atoms with Crippen LogP contribution in [0.2, 0.25) is 0 Å². The topological polar surface area (TPSA) is 38.7 Å². The molecule has 0 aromatic heterocycles. The van der Waals surface area contributed by atoms with Crippen molar-refractivity contribution >= 4 is 0 Å². The van der Waals surface area contributed by atoms with Crippen molar-refractivity contribution in [2.24, 2.45) is 5.92 Å². The minimum Gasteiger partial charge on any atom is -0.394 e. The largest absolute Gasteiger partial charge is 0.394 e. The number of rotatable bonds is 9. The lowest BCUT2D eigenvalue weighted by atomic mass is 9.91. The summed E-state index contributed by atoms with van der Waals surface area (Å²) < 4.78 is 0. The summed E-state index contributed by atoms with van der Waals surface area (Å²) in [6, 6.07) is 1.37. The number of likely N-dealkylation sites (tertiary alicyclic amines) is 1. The van der Waals surface area contributed by atoms with Gasteiger partial charge in [-0.25, -0.2) is 0 Å². The standard InChI is InChI=1S/C17H35N3O/c1-5-17(13-21,18-15-7-8-15)9-6-10-20-11-14(2)16(12-20)19(3)4/h14-16,18,21H,5-13H2,1-4H3. The van der Waals surface area contributed by atoms with Gasteiger partial charge in [-0.3, -0.25) is 0 Å². The van der Waals surface area contributed by atoms with E-state index in [4.69, 9.17) is 0 Å². The first kappa shape index (κ1) is 17.2. The summed E-state index contributed by atoms with van der Waals surface area (Å²) in [4.78, 5) is 4.97. The van der Waals surface area contributed by atoms with Crippen molar-refractivity contribution in [3.8, 4) is 0 Å². The lowest BCUT2D eigenvalue weighted by Crippen LogP contribution is -2.49. The van der Waals surface area contributed by atoms with E-state index in [0.717, 1.165) is 18.8 Å². The number of aliphatic hydroxyl groups excluding tert-OH is 1. The highest BCUT2D eigenvalue weighted by atomic mass is 16.3. The fraction of sp³-hybridized carbons (Fsp3) is 1.00. The first-order valence-electron chi connectivity index (χ1n) is 8.77. The second kappa shape index (κ2) is 7.40. The molecule has 0 spiro atoms. The Morgan fingerprint density at radius 2 is 2.00 bits per heavy atom. The molecule has 1 heterocycles. The molecule has 124 valence electrons. The predicted octanol–water partition coefficient (Wildman–Crippen LogP) is 1.54. The van der Waals surface area contributed by atoms with E-state index >= 15 is 0 Å². The highest BCUT2D eigenvalue weighted by Gasteiger charge is 2.35. The van der Waals surface area contributed by atoms with Crippen LogP contribution in [-0.4, -0.2) is 72.9 Å². The van der Waals surface area contributed by atoms with Gasteiger partial charge in [-0.15, -0.1) is 0 Å². The molecule has 2 fully saturated rings. The summed E-state index contributed by atoms with van der Waals surface area (Å²) >= 11 is 0. The Morgan fingerprint density at radius 3 is 2.48 bits per heavy atom. The zero-order valence-corrected chi connectivity index (χ0v) is 14.4. The summed E-state index contributed by atoms with van der Waals surface area (Å²) in [5, 5.41) is 13.5. The minimum absolute atomic E-state index is 0.0343. The highest BCUT2D eigenvalue weighted by Crippen LogP contribution is 2.27. The van der Waals surface area contributed by atoms with Crippen molar-refractivity contribution in [1.29, 1.82) is 0 Å². The predicted molar refractivity (Wildman–Crippen MR) is 88.6 cm³/mol. The van der Waals surface area contributed by atoms with Crippen LogP contribution < -0.4 is 5.32 Å². The van der Waals surface area contributed by atoms with E-state index in [1.165, 1.54) is 38.9 Å². The van der Waals surface area contributed by atoms with E-state index in [2.05, 4.69) is 43.1 Å². The second-order valence-corrected chi connectivity index (χ2v) is 7.58. The van der Waals surface area contributed by atoms with Crippen molar-refractivity contribution in [2.75, 3.05) is 40.3 Å². The molecule has 1 saturated heterocycles. The van der Waals surface area contributed by atoms with Crippen molar-refractivity contribution in [1.82, 2.24) is 15.1 Å². The summed E-state index contributed by atoms with van der Waals surface area (Å²) in [5.41, 5.74) is -0.0343. The minimum atomic E-state index is -0.0343. The molecule has 0 bridgehead atoms. The monoisotopic (exact) mass is 297 g/mol. The molecule has 1 saturated carbocycles. The fourth-order valence-corrected chi connectivity index (χ4v) is 3.79. The van der Waals surface area contributed by atoms with Crippen molar-refractivity contribution in [3.63, 3.8) is 0 Å². The number of aliphatic hydroxyl groups is 1. The van der Waals surface area contributed by atoms with Gasteiger partial charge in [0.15, 0.2) is 0 Å². The Balaban J connectivity index is 1.74. The SMILES string of the molecule is CCC(CO)(CCCN1CC(C)C(N(C)C)C1)NC1CC1. The Kier molecular flexibility index (Phi) is 6.06. The van der Waals surface area contributed by atoms with Gasteiger partial charge in [-0.2, -0.15) is 0 Å². The number of nitrogens with one attached hydrogen (secondary N) is 1. The summed E-state index contributed by atoms with van der Waals surface area (Å²) in [6.45, 7) is 8.42. The molecule has 2 aliphatic rings. The van der Waals surface area contributed by atoms with Gasteiger partial charge in [-0.05, 0) is 58.7 Å². The van der Waals surface area contributed by atoms with E-state index in [9.17, 15) is 5.11 Å². The third kappa shape index (κ3) is 4.65. The van der Waals surface area contributed by atoms with Gasteiger partial charge in [0.2, 0.25) is 0 Å². The maximum Gasteiger partial charge on any atom is 0.0613 e. The molecule has 1 aliphatic carbocycles. The third-order valence-electron chi connectivity index (χ3n) is 5.51. The second-order valence-electron chi connectivity index (χ2n) is 7.58. The van der Waals surface area contributed by atoms with Crippen molar-refractivity contribution in [3.05, 3.63) is 0 Å². The molecule has 0 amide bonds. The van der Waals surface area contributed by atoms with Crippen LogP contribution in [0.15, 0.2) is 0 Å². The van der Waals surface area contributed by atoms with E-state index in [0.29, 0.717) is 12.1 Å². The van der Waals surface area contributed by atoms with E-state index in [1.54, 1.807) is 0 Å². The fourth-order valence-electron chi connectivity index (χ4n) is 3.79. The molecule has 1 aliphatic heterocycles. The maximum atomic E-state index is 9.82. The molecule has 3 atom stereocenters. The Hall–Kier alpha value is -0.160. The Bertz CT molecular complexity index is 313. The van der Waals surface area contributed by atoms with E-state index in [-0.39, 0.29) is 12.1 Å². The van der Waals surface area contributed by atoms with Crippen LogP contribution in [0, 0.1) is 5.92 Å². The number of likely N-dealkylation sites (N-methyl/N-ethyl adjacent to an activating group) is 1. The summed E-state index contributed by atoms with van der Waals surface area (Å²) in [5.74, 6) is 0.762. The smallest absolute Gasteiger partial charge is 0.0613 e. The zero-order valence-electron chi connectivity index (χ0n) is 14.4. The molecule has 4 heteroatoms. The molecule has 0 aromatic carbocycles. The lowest BCUT2D eigenvalue weighted by molar-refractivity contribution is 0.137. The Labute approximate surface area is 130 Å². The Morgan fingerprint density at radius 1 is 1.29 bits per heavy atom. The molecular formula is C17H35N3O. The van der Waals surface area contributed by atoms with Crippen molar-refractivity contribution in [2.45, 2.75) is 63.6 Å². The average Bonchev–Trinajstić information content (AvgIpc) is 3.18. The molecule has 0 radical (unpaired) electrons. The summed E-state index contributed by atoms with van der Waals surface area (Å²) in [6.07, 6.45) is 5.87. The zero-order chi connectivity index (χ0) is 15.5. The van der Waals surface area contributed by atoms with Gasteiger partial charge >= 0.3 is 0 Å². The number of nitrogens with zero attached hydrogens (tertiary/aromatic N) is 2. The molecule has 21 heavy (non-hydrogen) atoms. The molecular weight excluding hydrogens is 262 g/mol. The number of hydrogen-bond acceptors (Lipinski definition) is 4. The van der Waals surface area contributed by atoms with Crippen LogP contribution in [-0.2, 0) is 0 Å². The first-order valence-corrected chi connectivity index (χ1v) is 8.77. The van der Waals surface area contributed by atoms with Gasteiger partial charge in [0.1, 0.15) is 0 Å². The van der Waals surface area contributed by atoms with E-state index in [1.807, 2.05) is 0 Å². The van der Waals surface area contributed by atoms with Gasteiger partial charge in [0, 0.05) is 30.7 Å². The molecule has 3 unspecified atom stereocenters. The third-order valence-corrected chi connectivity index (χ3v) is 5.51. The van der Waals surface area contributed by atoms with Crippen LogP contribution in [0.1, 0.15) is 46.0 Å². The molecule has 2 rings (SSSR count). The van der Waals surface area contributed by atoms with Crippen LogP contribution in [0.4, 0.5) is 0 Å². The van der Waals surface area contributed by atoms with Crippen molar-refractivity contribution < 1.29 is 5.11 Å². The van der Waals surface area contributed by atoms with Gasteiger partial charge in [0.05, 0.1) is 6.61 Å². The first-order chi connectivity index (χ1) is 9.99. The molecule has 4 nitrogen and oxygen atoms in total. The quantitative estimate of drug-likeness (QED) is 0.677. The van der Waals surface area contributed by atoms with Gasteiger partial charge in [0.25, 0.3) is 0 Å². The number of hydrogen-bond donors (Lipinski definition) is 2. The molecule has 2 N–H and O–H groups in total. The van der Waals surface area contributed by atoms with E-state index < -0.39 is 0 Å². The lowest BCUT2D eigenvalue weighted by Gasteiger charge is -2.33. The highest BCUT2D eigenvalue weighted by molar-refractivity contribution is 4.95. The van der Waals surface area contributed by atoms with Crippen LogP contribution >= 0.6 is 0 Å². The van der Waals surface area contributed by atoms with Gasteiger partial charge in [-0.1, -0.05) is 13.8 Å². The van der Waals surface area contributed by atoms with Crippen LogP contribution in [0.25, 0.3) is 0 Å².